The molecule has 0 bridgehead atoms. The maximum absolute atomic E-state index is 13.0. The van der Waals surface area contributed by atoms with Crippen LogP contribution in [0.25, 0.3) is 0 Å². The van der Waals surface area contributed by atoms with E-state index in [-0.39, 0.29) is 5.91 Å². The van der Waals surface area contributed by atoms with Gasteiger partial charge in [0.25, 0.3) is 5.91 Å². The maximum atomic E-state index is 13.0. The summed E-state index contributed by atoms with van der Waals surface area (Å²) in [5.74, 6) is 0.243. The summed E-state index contributed by atoms with van der Waals surface area (Å²) in [5.41, 5.74) is 3.78. The number of piperidine rings is 1. The van der Waals surface area contributed by atoms with Crippen LogP contribution in [0.1, 0.15) is 66.3 Å². The fourth-order valence-corrected chi connectivity index (χ4v) is 4.55. The summed E-state index contributed by atoms with van der Waals surface area (Å²) in [6.07, 6.45) is 7.15. The van der Waals surface area contributed by atoms with Gasteiger partial charge < -0.3 is 14.2 Å². The molecule has 0 unspecified atom stereocenters. The van der Waals surface area contributed by atoms with Crippen molar-refractivity contribution in [2.45, 2.75) is 58.4 Å². The van der Waals surface area contributed by atoms with Gasteiger partial charge in [-0.15, -0.1) is 0 Å². The lowest BCUT2D eigenvalue weighted by atomic mass is 9.72. The predicted octanol–water partition coefficient (Wildman–Crippen LogP) is 3.47. The number of carbonyl (C=O) groups excluding carboxylic acids is 1. The van der Waals surface area contributed by atoms with Crippen molar-refractivity contribution in [1.82, 2.24) is 9.47 Å². The van der Waals surface area contributed by atoms with Crippen molar-refractivity contribution in [1.29, 1.82) is 0 Å². The number of hydrogen-bond donors (Lipinski definition) is 0. The summed E-state index contributed by atoms with van der Waals surface area (Å²) in [6, 6.07) is 2.75. The van der Waals surface area contributed by atoms with E-state index in [2.05, 4.69) is 29.4 Å². The third kappa shape index (κ3) is 2.71. The smallest absolute Gasteiger partial charge is 0.255 e. The van der Waals surface area contributed by atoms with Crippen LogP contribution in [0.2, 0.25) is 0 Å². The zero-order valence-corrected chi connectivity index (χ0v) is 14.4. The molecule has 2 saturated heterocycles. The molecule has 1 amide bonds. The Morgan fingerprint density at radius 1 is 1.13 bits per heavy atom. The van der Waals surface area contributed by atoms with Gasteiger partial charge in [0.15, 0.2) is 0 Å². The largest absolute Gasteiger partial charge is 0.381 e. The topological polar surface area (TPSA) is 34.5 Å². The van der Waals surface area contributed by atoms with Gasteiger partial charge in [-0.3, -0.25) is 4.79 Å². The first-order valence-corrected chi connectivity index (χ1v) is 9.15. The van der Waals surface area contributed by atoms with Gasteiger partial charge in [0.1, 0.15) is 0 Å². The fraction of sp³-hybridized carbons (Fsp3) is 0.737. The molecule has 0 radical (unpaired) electrons. The Kier molecular flexibility index (Phi) is 3.75. The summed E-state index contributed by atoms with van der Waals surface area (Å²) >= 11 is 0. The molecule has 1 spiro atoms. The van der Waals surface area contributed by atoms with Crippen LogP contribution in [-0.4, -0.2) is 41.7 Å². The van der Waals surface area contributed by atoms with Gasteiger partial charge in [-0.05, 0) is 63.9 Å². The zero-order valence-electron chi connectivity index (χ0n) is 14.4. The Bertz CT molecular complexity index is 599. The van der Waals surface area contributed by atoms with E-state index < -0.39 is 0 Å². The number of hydrogen-bond acceptors (Lipinski definition) is 2. The summed E-state index contributed by atoms with van der Waals surface area (Å²) in [6.45, 7) is 7.86. The molecule has 2 aliphatic heterocycles. The molecular formula is C19H28N2O2. The van der Waals surface area contributed by atoms with Crippen LogP contribution in [0.4, 0.5) is 0 Å². The zero-order chi connectivity index (χ0) is 16.0. The number of ether oxygens (including phenoxy) is 1. The van der Waals surface area contributed by atoms with E-state index in [1.54, 1.807) is 0 Å². The number of aromatic nitrogens is 1. The summed E-state index contributed by atoms with van der Waals surface area (Å²) < 4.78 is 7.89. The Morgan fingerprint density at radius 3 is 2.39 bits per heavy atom. The summed E-state index contributed by atoms with van der Waals surface area (Å²) in [5, 5.41) is 0. The highest BCUT2D eigenvalue weighted by molar-refractivity contribution is 5.95. The number of aryl methyl sites for hydroxylation is 1. The van der Waals surface area contributed by atoms with Crippen molar-refractivity contribution in [3.8, 4) is 0 Å². The molecule has 3 fully saturated rings. The van der Waals surface area contributed by atoms with Gasteiger partial charge >= 0.3 is 0 Å². The Hall–Kier alpha value is -1.29. The van der Waals surface area contributed by atoms with Crippen molar-refractivity contribution >= 4 is 5.91 Å². The van der Waals surface area contributed by atoms with E-state index in [1.807, 2.05) is 0 Å². The van der Waals surface area contributed by atoms with Gasteiger partial charge in [0.2, 0.25) is 0 Å². The first kappa shape index (κ1) is 15.3. The highest BCUT2D eigenvalue weighted by Gasteiger charge is 2.38. The third-order valence-electron chi connectivity index (χ3n) is 6.29. The van der Waals surface area contributed by atoms with Crippen LogP contribution in [-0.2, 0) is 4.74 Å². The van der Waals surface area contributed by atoms with Gasteiger partial charge in [-0.2, -0.15) is 0 Å². The molecule has 0 N–H and O–H groups in total. The van der Waals surface area contributed by atoms with Crippen LogP contribution in [0.3, 0.4) is 0 Å². The molecule has 3 aliphatic rings. The Balaban J connectivity index is 1.47. The van der Waals surface area contributed by atoms with E-state index >= 15 is 0 Å². The van der Waals surface area contributed by atoms with E-state index in [0.717, 1.165) is 44.7 Å². The SMILES string of the molecule is Cc1cc(C(=O)N2CCC3(CCOCC3)CC2)c(C)n1C1CC1. The average Bonchev–Trinajstić information content (AvgIpc) is 3.34. The number of carbonyl (C=O) groups is 1. The molecule has 4 rings (SSSR count). The van der Waals surface area contributed by atoms with E-state index in [1.165, 1.54) is 37.1 Å². The summed E-state index contributed by atoms with van der Waals surface area (Å²) in [7, 11) is 0. The normalized spacial score (nSPS) is 24.2. The standard InChI is InChI=1S/C19H28N2O2/c1-14-13-17(15(2)21(14)16-3-4-16)18(22)20-9-5-19(6-10-20)7-11-23-12-8-19/h13,16H,3-12H2,1-2H3. The second-order valence-electron chi connectivity index (χ2n) is 7.79. The number of nitrogens with zero attached hydrogens (tertiary/aromatic N) is 2. The number of amides is 1. The first-order chi connectivity index (χ1) is 11.1. The van der Waals surface area contributed by atoms with Crippen LogP contribution >= 0.6 is 0 Å². The van der Waals surface area contributed by atoms with Gasteiger partial charge in [-0.1, -0.05) is 0 Å². The highest BCUT2D eigenvalue weighted by Crippen LogP contribution is 2.41. The van der Waals surface area contributed by atoms with E-state index in [4.69, 9.17) is 4.74 Å². The highest BCUT2D eigenvalue weighted by atomic mass is 16.5. The maximum Gasteiger partial charge on any atom is 0.255 e. The van der Waals surface area contributed by atoms with Crippen LogP contribution in [0.5, 0.6) is 0 Å². The average molecular weight is 316 g/mol. The third-order valence-corrected chi connectivity index (χ3v) is 6.29. The van der Waals surface area contributed by atoms with Gasteiger partial charge in [-0.25, -0.2) is 0 Å². The summed E-state index contributed by atoms with van der Waals surface area (Å²) in [4.78, 5) is 15.1. The molecule has 1 aliphatic carbocycles. The molecule has 4 heteroatoms. The number of likely N-dealkylation sites (tertiary alicyclic amines) is 1. The molecule has 23 heavy (non-hydrogen) atoms. The van der Waals surface area contributed by atoms with Crippen molar-refractivity contribution in [2.24, 2.45) is 5.41 Å². The van der Waals surface area contributed by atoms with Crippen LogP contribution in [0.15, 0.2) is 6.07 Å². The number of rotatable bonds is 2. The fourth-order valence-electron chi connectivity index (χ4n) is 4.55. The lowest BCUT2D eigenvalue weighted by Gasteiger charge is -2.44. The van der Waals surface area contributed by atoms with Gasteiger partial charge in [0.05, 0.1) is 5.56 Å². The van der Waals surface area contributed by atoms with E-state index in [9.17, 15) is 4.79 Å². The monoisotopic (exact) mass is 316 g/mol. The molecular weight excluding hydrogens is 288 g/mol. The molecule has 1 aromatic heterocycles. The molecule has 4 nitrogen and oxygen atoms in total. The minimum Gasteiger partial charge on any atom is -0.381 e. The minimum absolute atomic E-state index is 0.243. The lowest BCUT2D eigenvalue weighted by molar-refractivity contribution is -0.0175. The van der Waals surface area contributed by atoms with Crippen molar-refractivity contribution in [3.05, 3.63) is 23.0 Å². The lowest BCUT2D eigenvalue weighted by Crippen LogP contribution is -2.45. The predicted molar refractivity (Wildman–Crippen MR) is 89.8 cm³/mol. The van der Waals surface area contributed by atoms with Crippen LogP contribution in [0, 0.1) is 19.3 Å². The quantitative estimate of drug-likeness (QED) is 0.837. The molecule has 126 valence electrons. The molecule has 1 saturated carbocycles. The minimum atomic E-state index is 0.243. The first-order valence-electron chi connectivity index (χ1n) is 9.15. The van der Waals surface area contributed by atoms with Gasteiger partial charge in [0, 0.05) is 43.7 Å². The van der Waals surface area contributed by atoms with Crippen molar-refractivity contribution < 1.29 is 9.53 Å². The second-order valence-corrected chi connectivity index (χ2v) is 7.79. The second kappa shape index (κ2) is 5.66. The Labute approximate surface area is 138 Å². The van der Waals surface area contributed by atoms with E-state index in [0.29, 0.717) is 11.5 Å². The van der Waals surface area contributed by atoms with Crippen molar-refractivity contribution in [2.75, 3.05) is 26.3 Å². The van der Waals surface area contributed by atoms with Crippen LogP contribution < -0.4 is 0 Å². The molecule has 0 aromatic carbocycles. The molecule has 1 aromatic rings. The van der Waals surface area contributed by atoms with Crippen molar-refractivity contribution in [3.63, 3.8) is 0 Å². The Morgan fingerprint density at radius 2 is 1.78 bits per heavy atom. The molecule has 0 atom stereocenters. The molecule has 3 heterocycles.